The number of carbonyl (C=O) groups excluding carboxylic acids is 1. The zero-order valence-corrected chi connectivity index (χ0v) is 8.94. The van der Waals surface area contributed by atoms with E-state index >= 15 is 0 Å². The smallest absolute Gasteiger partial charge is 0.331 e. The fourth-order valence-corrected chi connectivity index (χ4v) is 1.51. The summed E-state index contributed by atoms with van der Waals surface area (Å²) in [4.78, 5) is 14.0. The van der Waals surface area contributed by atoms with E-state index in [0.29, 0.717) is 6.29 Å². The van der Waals surface area contributed by atoms with Crippen molar-refractivity contribution in [3.05, 3.63) is 47.1 Å². The number of benzene rings is 1. The Bertz CT molecular complexity index is 563. The molecule has 1 aromatic carbocycles. The molecule has 2 rings (SSSR count). The molecular formula is C11H7F3N2O2. The summed E-state index contributed by atoms with van der Waals surface area (Å²) in [5.41, 5.74) is -0.717. The molecule has 0 fully saturated rings. The number of carbonyl (C=O) groups is 1. The number of hydrogen-bond donors (Lipinski definition) is 0. The highest BCUT2D eigenvalue weighted by atomic mass is 19.4. The van der Waals surface area contributed by atoms with Gasteiger partial charge in [0.1, 0.15) is 0 Å². The van der Waals surface area contributed by atoms with Crippen molar-refractivity contribution in [1.29, 1.82) is 0 Å². The van der Waals surface area contributed by atoms with Crippen molar-refractivity contribution in [2.45, 2.75) is 12.6 Å². The molecule has 0 saturated carbocycles. The maximum absolute atomic E-state index is 12.7. The summed E-state index contributed by atoms with van der Waals surface area (Å²) in [7, 11) is 0. The second kappa shape index (κ2) is 4.59. The Balaban J connectivity index is 2.31. The molecule has 7 heteroatoms. The van der Waals surface area contributed by atoms with Crippen LogP contribution in [-0.2, 0) is 12.6 Å². The van der Waals surface area contributed by atoms with Gasteiger partial charge in [0.05, 0.1) is 5.56 Å². The monoisotopic (exact) mass is 256 g/mol. The van der Waals surface area contributed by atoms with Crippen LogP contribution >= 0.6 is 0 Å². The van der Waals surface area contributed by atoms with Crippen molar-refractivity contribution in [2.75, 3.05) is 0 Å². The third kappa shape index (κ3) is 2.55. The normalized spacial score (nSPS) is 11.5. The van der Waals surface area contributed by atoms with Crippen LogP contribution in [0.5, 0.6) is 0 Å². The molecule has 0 aliphatic rings. The molecule has 0 radical (unpaired) electrons. The fourth-order valence-electron chi connectivity index (χ4n) is 1.51. The Kier molecular flexibility index (Phi) is 3.14. The van der Waals surface area contributed by atoms with Crippen LogP contribution in [0.2, 0.25) is 0 Å². The van der Waals surface area contributed by atoms with Crippen LogP contribution in [0.25, 0.3) is 0 Å². The maximum Gasteiger partial charge on any atom is 0.416 e. The number of hydrogen-bond acceptors (Lipinski definition) is 4. The number of alkyl halides is 3. The number of aldehydes is 1. The highest BCUT2D eigenvalue weighted by Crippen LogP contribution is 2.32. The van der Waals surface area contributed by atoms with Crippen LogP contribution in [0.4, 0.5) is 13.2 Å². The van der Waals surface area contributed by atoms with E-state index in [-0.39, 0.29) is 23.7 Å². The zero-order valence-electron chi connectivity index (χ0n) is 8.94. The molecule has 0 aliphatic heterocycles. The summed E-state index contributed by atoms with van der Waals surface area (Å²) >= 11 is 0. The third-order valence-electron chi connectivity index (χ3n) is 2.26. The highest BCUT2D eigenvalue weighted by molar-refractivity contribution is 5.66. The van der Waals surface area contributed by atoms with E-state index in [0.717, 1.165) is 6.07 Å². The van der Waals surface area contributed by atoms with Crippen molar-refractivity contribution in [2.24, 2.45) is 0 Å². The van der Waals surface area contributed by atoms with Gasteiger partial charge < -0.3 is 4.52 Å². The molecule has 0 unspecified atom stereocenters. The highest BCUT2D eigenvalue weighted by Gasteiger charge is 2.33. The molecule has 18 heavy (non-hydrogen) atoms. The van der Waals surface area contributed by atoms with Gasteiger partial charge in [-0.05, 0) is 11.6 Å². The van der Waals surface area contributed by atoms with Gasteiger partial charge in [0.25, 0.3) is 5.89 Å². The van der Waals surface area contributed by atoms with Crippen LogP contribution in [0, 0.1) is 0 Å². The Labute approximate surface area is 99.4 Å². The van der Waals surface area contributed by atoms with Gasteiger partial charge in [-0.15, -0.1) is 0 Å². The van der Waals surface area contributed by atoms with E-state index in [2.05, 4.69) is 14.7 Å². The first-order valence-corrected chi connectivity index (χ1v) is 4.93. The molecule has 2 aromatic rings. The average molecular weight is 256 g/mol. The minimum absolute atomic E-state index is 0.0308. The Morgan fingerprint density at radius 2 is 2.00 bits per heavy atom. The summed E-state index contributed by atoms with van der Waals surface area (Å²) < 4.78 is 42.6. The van der Waals surface area contributed by atoms with Gasteiger partial charge in [-0.1, -0.05) is 23.4 Å². The molecule has 1 aromatic heterocycles. The predicted molar refractivity (Wildman–Crippen MR) is 53.9 cm³/mol. The first-order chi connectivity index (χ1) is 8.50. The van der Waals surface area contributed by atoms with Gasteiger partial charge in [-0.3, -0.25) is 4.79 Å². The van der Waals surface area contributed by atoms with Crippen molar-refractivity contribution >= 4 is 6.29 Å². The summed E-state index contributed by atoms with van der Waals surface area (Å²) in [5.74, 6) is -0.219. The molecule has 0 amide bonds. The summed E-state index contributed by atoms with van der Waals surface area (Å²) in [6, 6.07) is 5.11. The van der Waals surface area contributed by atoms with E-state index in [9.17, 15) is 18.0 Å². The van der Waals surface area contributed by atoms with Gasteiger partial charge >= 0.3 is 6.18 Å². The minimum atomic E-state index is -4.44. The zero-order chi connectivity index (χ0) is 13.2. The fraction of sp³-hybridized carbons (Fsp3) is 0.182. The lowest BCUT2D eigenvalue weighted by atomic mass is 10.0. The van der Waals surface area contributed by atoms with E-state index in [1.54, 1.807) is 0 Å². The lowest BCUT2D eigenvalue weighted by Crippen LogP contribution is -2.09. The van der Waals surface area contributed by atoms with Gasteiger partial charge in [0.2, 0.25) is 6.29 Å². The van der Waals surface area contributed by atoms with E-state index in [1.807, 2.05) is 0 Å². The third-order valence-corrected chi connectivity index (χ3v) is 2.26. The van der Waals surface area contributed by atoms with Gasteiger partial charge in [0, 0.05) is 6.42 Å². The molecule has 94 valence electrons. The first-order valence-electron chi connectivity index (χ1n) is 4.93. The predicted octanol–water partition coefficient (Wildman–Crippen LogP) is 2.49. The standard InChI is InChI=1S/C11H7F3N2O2/c12-11(13,14)8-4-2-1-3-7(8)5-9-15-10(6-17)18-16-9/h1-4,6H,5H2. The molecule has 0 aliphatic carbocycles. The molecular weight excluding hydrogens is 249 g/mol. The van der Waals surface area contributed by atoms with Crippen LogP contribution in [0.3, 0.4) is 0 Å². The summed E-state index contributed by atoms with van der Waals surface area (Å²) in [6.45, 7) is 0. The maximum atomic E-state index is 12.7. The number of aromatic nitrogens is 2. The molecule has 4 nitrogen and oxygen atoms in total. The SMILES string of the molecule is O=Cc1nc(Cc2ccccc2C(F)(F)F)no1. The largest absolute Gasteiger partial charge is 0.416 e. The van der Waals surface area contributed by atoms with Gasteiger partial charge in [-0.2, -0.15) is 18.2 Å². The lowest BCUT2D eigenvalue weighted by Gasteiger charge is -2.10. The molecule has 0 N–H and O–H groups in total. The number of rotatable bonds is 3. The van der Waals surface area contributed by atoms with Gasteiger partial charge in [-0.25, -0.2) is 0 Å². The quantitative estimate of drug-likeness (QED) is 0.791. The number of nitrogens with zero attached hydrogens (tertiary/aromatic N) is 2. The second-order valence-electron chi connectivity index (χ2n) is 3.50. The first kappa shape index (κ1) is 12.3. The van der Waals surface area contributed by atoms with E-state index < -0.39 is 11.7 Å². The van der Waals surface area contributed by atoms with Crippen molar-refractivity contribution < 1.29 is 22.5 Å². The lowest BCUT2D eigenvalue weighted by molar-refractivity contribution is -0.138. The molecule has 0 bridgehead atoms. The van der Waals surface area contributed by atoms with Crippen LogP contribution in [0.1, 0.15) is 27.6 Å². The van der Waals surface area contributed by atoms with Crippen molar-refractivity contribution in [3.8, 4) is 0 Å². The summed E-state index contributed by atoms with van der Waals surface area (Å²) in [5, 5.41) is 3.42. The van der Waals surface area contributed by atoms with E-state index in [4.69, 9.17) is 0 Å². The van der Waals surface area contributed by atoms with Crippen molar-refractivity contribution in [3.63, 3.8) is 0 Å². The van der Waals surface area contributed by atoms with Crippen molar-refractivity contribution in [1.82, 2.24) is 10.1 Å². The van der Waals surface area contributed by atoms with E-state index in [1.165, 1.54) is 18.2 Å². The molecule has 0 spiro atoms. The molecule has 0 atom stereocenters. The molecule has 1 heterocycles. The molecule has 0 saturated heterocycles. The average Bonchev–Trinajstić information content (AvgIpc) is 2.76. The number of halogens is 3. The summed E-state index contributed by atoms with van der Waals surface area (Å²) in [6.07, 6.45) is -4.24. The van der Waals surface area contributed by atoms with Gasteiger partial charge in [0.15, 0.2) is 5.82 Å². The topological polar surface area (TPSA) is 56.0 Å². The Morgan fingerprint density at radius 3 is 2.61 bits per heavy atom. The Hall–Kier alpha value is -2.18. The minimum Gasteiger partial charge on any atom is -0.331 e. The Morgan fingerprint density at radius 1 is 1.28 bits per heavy atom. The van der Waals surface area contributed by atoms with Crippen LogP contribution < -0.4 is 0 Å². The van der Waals surface area contributed by atoms with Crippen LogP contribution in [-0.4, -0.2) is 16.4 Å². The second-order valence-corrected chi connectivity index (χ2v) is 3.50. The van der Waals surface area contributed by atoms with Crippen LogP contribution in [0.15, 0.2) is 28.8 Å².